The second-order valence-corrected chi connectivity index (χ2v) is 9.44. The molecule has 1 aliphatic heterocycles. The summed E-state index contributed by atoms with van der Waals surface area (Å²) in [5.74, 6) is -7.37. The van der Waals surface area contributed by atoms with Gasteiger partial charge in [0.2, 0.25) is 0 Å². The molecule has 0 saturated carbocycles. The molecule has 1 saturated heterocycles. The van der Waals surface area contributed by atoms with E-state index in [1.807, 2.05) is 0 Å². The lowest BCUT2D eigenvalue weighted by atomic mass is 9.81. The van der Waals surface area contributed by atoms with Gasteiger partial charge in [0.25, 0.3) is 0 Å². The van der Waals surface area contributed by atoms with Gasteiger partial charge in [-0.25, -0.2) is 26.3 Å². The number of aliphatic hydroxyl groups is 1. The minimum absolute atomic E-state index is 0.0170. The average Bonchev–Trinajstić information content (AvgIpc) is 3.74. The fourth-order valence-corrected chi connectivity index (χ4v) is 4.99. The van der Waals surface area contributed by atoms with Crippen LogP contribution < -0.4 is 0 Å². The van der Waals surface area contributed by atoms with E-state index >= 15 is 8.78 Å². The van der Waals surface area contributed by atoms with E-state index in [4.69, 9.17) is 4.74 Å². The van der Waals surface area contributed by atoms with Crippen LogP contribution in [0.25, 0.3) is 16.7 Å². The van der Waals surface area contributed by atoms with E-state index < -0.39 is 58.2 Å². The number of halogens is 6. The summed E-state index contributed by atoms with van der Waals surface area (Å²) < 4.78 is 93.4. The molecule has 1 heterocycles. The molecule has 37 heavy (non-hydrogen) atoms. The molecule has 1 aliphatic carbocycles. The van der Waals surface area contributed by atoms with Crippen LogP contribution in [-0.4, -0.2) is 11.7 Å². The molecule has 2 aliphatic rings. The summed E-state index contributed by atoms with van der Waals surface area (Å²) in [6.45, 7) is 1.94. The third-order valence-corrected chi connectivity index (χ3v) is 7.25. The summed E-state index contributed by atoms with van der Waals surface area (Å²) in [5, 5.41) is 9.88. The summed E-state index contributed by atoms with van der Waals surface area (Å²) in [6.07, 6.45) is 1.19. The molecule has 2 nitrogen and oxygen atoms in total. The van der Waals surface area contributed by atoms with Crippen molar-refractivity contribution in [1.82, 2.24) is 0 Å². The van der Waals surface area contributed by atoms with Gasteiger partial charge in [-0.05, 0) is 42.7 Å². The molecule has 5 rings (SSSR count). The standard InChI is InChI=1S/C29H24F6O2/c1-2-22(36)20-11-8-17(25(31)28(20)34)15-5-3-14(4-6-15)16-7-9-18(26(32)24(16)30)19-10-12-21(23-13-37-23)29(35)27(19)33/h3,7-12,15,22-23,36H,2,4-6,13H2,1H3. The lowest BCUT2D eigenvalue weighted by Gasteiger charge is -2.24. The van der Waals surface area contributed by atoms with Gasteiger partial charge in [-0.2, -0.15) is 0 Å². The summed E-state index contributed by atoms with van der Waals surface area (Å²) >= 11 is 0. The molecule has 0 radical (unpaired) electrons. The number of rotatable bonds is 6. The molecule has 0 amide bonds. The van der Waals surface area contributed by atoms with Crippen LogP contribution in [0.3, 0.4) is 0 Å². The maximum absolute atomic E-state index is 15.1. The Morgan fingerprint density at radius 3 is 1.97 bits per heavy atom. The van der Waals surface area contributed by atoms with Crippen LogP contribution in [0.5, 0.6) is 0 Å². The van der Waals surface area contributed by atoms with Gasteiger partial charge in [-0.1, -0.05) is 49.4 Å². The Balaban J connectivity index is 1.40. The van der Waals surface area contributed by atoms with Crippen molar-refractivity contribution in [3.05, 3.63) is 99.6 Å². The van der Waals surface area contributed by atoms with E-state index in [-0.39, 0.29) is 54.0 Å². The molecule has 3 unspecified atom stereocenters. The quantitative estimate of drug-likeness (QED) is 0.265. The van der Waals surface area contributed by atoms with Gasteiger partial charge in [0.15, 0.2) is 34.9 Å². The third-order valence-electron chi connectivity index (χ3n) is 7.25. The number of benzene rings is 3. The van der Waals surface area contributed by atoms with E-state index in [1.54, 1.807) is 13.0 Å². The zero-order valence-corrected chi connectivity index (χ0v) is 19.9. The molecule has 0 aromatic heterocycles. The second kappa shape index (κ2) is 9.99. The lowest BCUT2D eigenvalue weighted by molar-refractivity contribution is 0.167. The fraction of sp³-hybridized carbons (Fsp3) is 0.310. The highest BCUT2D eigenvalue weighted by Gasteiger charge is 2.31. The van der Waals surface area contributed by atoms with E-state index in [1.165, 1.54) is 36.4 Å². The highest BCUT2D eigenvalue weighted by Crippen LogP contribution is 2.41. The van der Waals surface area contributed by atoms with Gasteiger partial charge in [-0.15, -0.1) is 0 Å². The average molecular weight is 518 g/mol. The van der Waals surface area contributed by atoms with Crippen LogP contribution >= 0.6 is 0 Å². The van der Waals surface area contributed by atoms with E-state index in [0.29, 0.717) is 12.0 Å². The monoisotopic (exact) mass is 518 g/mol. The van der Waals surface area contributed by atoms with E-state index in [2.05, 4.69) is 0 Å². The third kappa shape index (κ3) is 4.57. The molecule has 3 aromatic rings. The number of hydrogen-bond acceptors (Lipinski definition) is 2. The Morgan fingerprint density at radius 2 is 1.35 bits per heavy atom. The Morgan fingerprint density at radius 1 is 0.784 bits per heavy atom. The number of aliphatic hydroxyl groups excluding tert-OH is 1. The lowest BCUT2D eigenvalue weighted by Crippen LogP contribution is -2.10. The predicted molar refractivity (Wildman–Crippen MR) is 127 cm³/mol. The number of ether oxygens (including phenoxy) is 1. The van der Waals surface area contributed by atoms with Gasteiger partial charge in [0, 0.05) is 27.8 Å². The fourth-order valence-electron chi connectivity index (χ4n) is 4.99. The molecule has 1 fully saturated rings. The summed E-state index contributed by atoms with van der Waals surface area (Å²) in [5.41, 5.74) is -0.214. The molecule has 3 atom stereocenters. The van der Waals surface area contributed by atoms with Crippen molar-refractivity contribution >= 4 is 5.57 Å². The summed E-state index contributed by atoms with van der Waals surface area (Å²) in [7, 11) is 0. The molecule has 3 aromatic carbocycles. The van der Waals surface area contributed by atoms with Crippen LogP contribution in [0.15, 0.2) is 42.5 Å². The van der Waals surface area contributed by atoms with Crippen molar-refractivity contribution < 1.29 is 36.2 Å². The highest BCUT2D eigenvalue weighted by atomic mass is 19.2. The zero-order chi connectivity index (χ0) is 26.4. The number of allylic oxidation sites excluding steroid dienone is 2. The summed E-state index contributed by atoms with van der Waals surface area (Å²) in [6, 6.07) is 7.86. The Hall–Kier alpha value is -3.10. The van der Waals surface area contributed by atoms with Gasteiger partial charge in [0.1, 0.15) is 6.10 Å². The molecule has 8 heteroatoms. The largest absolute Gasteiger partial charge is 0.388 e. The Labute approximate surface area is 210 Å². The molecular formula is C29H24F6O2. The number of epoxide rings is 1. The van der Waals surface area contributed by atoms with Crippen LogP contribution in [0, 0.1) is 34.9 Å². The van der Waals surface area contributed by atoms with Crippen LogP contribution in [0.2, 0.25) is 0 Å². The van der Waals surface area contributed by atoms with Crippen molar-refractivity contribution in [2.45, 2.75) is 50.7 Å². The van der Waals surface area contributed by atoms with Crippen molar-refractivity contribution in [2.75, 3.05) is 6.61 Å². The first-order valence-electron chi connectivity index (χ1n) is 12.2. The van der Waals surface area contributed by atoms with Crippen LogP contribution in [0.1, 0.15) is 73.0 Å². The van der Waals surface area contributed by atoms with Crippen molar-refractivity contribution in [3.63, 3.8) is 0 Å². The first-order chi connectivity index (χ1) is 17.7. The van der Waals surface area contributed by atoms with Gasteiger partial charge in [0.05, 0.1) is 12.7 Å². The molecule has 194 valence electrons. The van der Waals surface area contributed by atoms with Gasteiger partial charge >= 0.3 is 0 Å². The maximum Gasteiger partial charge on any atom is 0.167 e. The Bertz CT molecular complexity index is 1400. The van der Waals surface area contributed by atoms with E-state index in [9.17, 15) is 22.7 Å². The molecule has 0 spiro atoms. The SMILES string of the molecule is CCC(O)c1ccc(C2CC=C(c3ccc(-c4ccc(C5CO5)c(F)c4F)c(F)c3F)CC2)c(F)c1F. The minimum Gasteiger partial charge on any atom is -0.388 e. The van der Waals surface area contributed by atoms with Crippen LogP contribution in [0.4, 0.5) is 26.3 Å². The highest BCUT2D eigenvalue weighted by molar-refractivity contribution is 5.73. The van der Waals surface area contributed by atoms with Crippen LogP contribution in [-0.2, 0) is 4.74 Å². The first-order valence-corrected chi connectivity index (χ1v) is 12.2. The normalized spacial score (nSPS) is 20.1. The number of hydrogen-bond donors (Lipinski definition) is 1. The van der Waals surface area contributed by atoms with Crippen molar-refractivity contribution in [3.8, 4) is 11.1 Å². The summed E-state index contributed by atoms with van der Waals surface area (Å²) in [4.78, 5) is 0. The van der Waals surface area contributed by atoms with Gasteiger partial charge in [-0.3, -0.25) is 0 Å². The first kappa shape index (κ1) is 25.5. The van der Waals surface area contributed by atoms with Crippen molar-refractivity contribution in [1.29, 1.82) is 0 Å². The second-order valence-electron chi connectivity index (χ2n) is 9.44. The predicted octanol–water partition coefficient (Wildman–Crippen LogP) is 8.05. The molecule has 1 N–H and O–H groups in total. The molecular weight excluding hydrogens is 494 g/mol. The molecule has 0 bridgehead atoms. The van der Waals surface area contributed by atoms with Crippen molar-refractivity contribution in [2.24, 2.45) is 0 Å². The smallest absolute Gasteiger partial charge is 0.167 e. The maximum atomic E-state index is 15.1. The van der Waals surface area contributed by atoms with Gasteiger partial charge < -0.3 is 9.84 Å². The van der Waals surface area contributed by atoms with E-state index in [0.717, 1.165) is 0 Å². The zero-order valence-electron chi connectivity index (χ0n) is 19.9. The topological polar surface area (TPSA) is 32.8 Å². The Kier molecular flexibility index (Phi) is 6.89. The minimum atomic E-state index is -1.30.